The van der Waals surface area contributed by atoms with Gasteiger partial charge in [0.05, 0.1) is 29.4 Å². The summed E-state index contributed by atoms with van der Waals surface area (Å²) in [6, 6.07) is 11.2. The Morgan fingerprint density at radius 3 is 2.69 bits per heavy atom. The maximum atomic E-state index is 11.2. The van der Waals surface area contributed by atoms with E-state index in [4.69, 9.17) is 9.15 Å². The number of nitrogens with zero attached hydrogens (tertiary/aromatic N) is 4. The third-order valence-corrected chi connectivity index (χ3v) is 5.88. The largest absolute Gasteiger partial charge is 0.504 e. The molecule has 2 aromatic carbocycles. The Labute approximate surface area is 183 Å². The van der Waals surface area contributed by atoms with Crippen molar-refractivity contribution in [3.8, 4) is 11.5 Å². The fourth-order valence-corrected chi connectivity index (χ4v) is 4.13. The molecular formula is C23H22N4O5. The van der Waals surface area contributed by atoms with Crippen LogP contribution in [0.5, 0.6) is 11.5 Å². The monoisotopic (exact) mass is 434 g/mol. The highest BCUT2D eigenvalue weighted by Crippen LogP contribution is 2.42. The van der Waals surface area contributed by atoms with Crippen molar-refractivity contribution in [2.45, 2.75) is 6.54 Å². The standard InChI is InChI=1S/C23H22N4O5/c1-31-19-7-6-15-21(28)20(12-18-14-4-2-3-5-17(14)24-25-18)32-22(15)16(19)13-26-8-10-27(11-9-26)23(29)30/h2-7,12,28H,8-11,13H2,1H3,(H,29,30). The van der Waals surface area contributed by atoms with E-state index in [1.165, 1.54) is 4.90 Å². The number of hydrogen-bond acceptors (Lipinski definition) is 7. The van der Waals surface area contributed by atoms with Gasteiger partial charge in [-0.1, -0.05) is 18.2 Å². The van der Waals surface area contributed by atoms with E-state index in [1.807, 2.05) is 30.3 Å². The van der Waals surface area contributed by atoms with E-state index in [0.717, 1.165) is 16.8 Å². The fourth-order valence-electron chi connectivity index (χ4n) is 4.13. The first-order valence-electron chi connectivity index (χ1n) is 10.3. The maximum absolute atomic E-state index is 11.2. The molecule has 5 rings (SSSR count). The molecule has 1 aromatic heterocycles. The van der Waals surface area contributed by atoms with Crippen LogP contribution in [0.4, 0.5) is 10.5 Å². The predicted molar refractivity (Wildman–Crippen MR) is 118 cm³/mol. The molecular weight excluding hydrogens is 412 g/mol. The third kappa shape index (κ3) is 3.46. The van der Waals surface area contributed by atoms with Crippen LogP contribution in [0.2, 0.25) is 0 Å². The van der Waals surface area contributed by atoms with Gasteiger partial charge in [-0.15, -0.1) is 10.2 Å². The van der Waals surface area contributed by atoms with Crippen molar-refractivity contribution >= 4 is 34.5 Å². The van der Waals surface area contributed by atoms with Crippen LogP contribution in [0.25, 0.3) is 22.7 Å². The SMILES string of the molecule is COc1ccc2c(O)c(C=C3N=Nc4ccccc43)oc2c1CN1CCN(C(=O)O)CC1. The molecule has 9 heteroatoms. The molecule has 0 saturated carbocycles. The first kappa shape index (κ1) is 20.1. The maximum Gasteiger partial charge on any atom is 0.407 e. The molecule has 0 radical (unpaired) electrons. The molecule has 0 spiro atoms. The zero-order chi connectivity index (χ0) is 22.2. The van der Waals surface area contributed by atoms with Crippen molar-refractivity contribution in [2.24, 2.45) is 10.2 Å². The second-order valence-corrected chi connectivity index (χ2v) is 7.73. The number of amides is 1. The van der Waals surface area contributed by atoms with Crippen molar-refractivity contribution in [1.82, 2.24) is 9.80 Å². The van der Waals surface area contributed by atoms with E-state index >= 15 is 0 Å². The van der Waals surface area contributed by atoms with Crippen molar-refractivity contribution in [3.63, 3.8) is 0 Å². The van der Waals surface area contributed by atoms with Crippen LogP contribution in [0.1, 0.15) is 16.9 Å². The number of ether oxygens (including phenoxy) is 1. The molecule has 3 heterocycles. The van der Waals surface area contributed by atoms with Gasteiger partial charge < -0.3 is 24.3 Å². The predicted octanol–water partition coefficient (Wildman–Crippen LogP) is 4.54. The van der Waals surface area contributed by atoms with E-state index < -0.39 is 6.09 Å². The number of rotatable bonds is 4. The number of carboxylic acid groups (broad SMARTS) is 1. The van der Waals surface area contributed by atoms with Gasteiger partial charge >= 0.3 is 6.09 Å². The summed E-state index contributed by atoms with van der Waals surface area (Å²) < 4.78 is 11.7. The number of benzene rings is 2. The fraction of sp³-hybridized carbons (Fsp3) is 0.261. The molecule has 2 N–H and O–H groups in total. The van der Waals surface area contributed by atoms with Gasteiger partial charge in [0.15, 0.2) is 11.5 Å². The number of methoxy groups -OCH3 is 1. The molecule has 0 bridgehead atoms. The first-order valence-corrected chi connectivity index (χ1v) is 10.3. The lowest BCUT2D eigenvalue weighted by atomic mass is 10.1. The summed E-state index contributed by atoms with van der Waals surface area (Å²) in [6.07, 6.45) is 0.788. The zero-order valence-electron chi connectivity index (χ0n) is 17.5. The molecule has 9 nitrogen and oxygen atoms in total. The van der Waals surface area contributed by atoms with E-state index in [9.17, 15) is 15.0 Å². The molecule has 2 aliphatic heterocycles. The Kier molecular flexibility index (Phi) is 5.02. The van der Waals surface area contributed by atoms with E-state index in [0.29, 0.717) is 60.9 Å². The number of carbonyl (C=O) groups is 1. The van der Waals surface area contributed by atoms with Crippen LogP contribution in [0.3, 0.4) is 0 Å². The van der Waals surface area contributed by atoms with Crippen molar-refractivity contribution in [3.05, 3.63) is 53.3 Å². The van der Waals surface area contributed by atoms with E-state index in [2.05, 4.69) is 15.1 Å². The Balaban J connectivity index is 1.50. The molecule has 32 heavy (non-hydrogen) atoms. The van der Waals surface area contributed by atoms with Crippen LogP contribution in [-0.4, -0.2) is 59.4 Å². The lowest BCUT2D eigenvalue weighted by Gasteiger charge is -2.33. The molecule has 1 amide bonds. The van der Waals surface area contributed by atoms with E-state index in [-0.39, 0.29) is 5.75 Å². The van der Waals surface area contributed by atoms with Crippen molar-refractivity contribution < 1.29 is 24.2 Å². The first-order chi connectivity index (χ1) is 15.5. The summed E-state index contributed by atoms with van der Waals surface area (Å²) in [5.74, 6) is 0.986. The smallest absolute Gasteiger partial charge is 0.407 e. The lowest BCUT2D eigenvalue weighted by Crippen LogP contribution is -2.47. The number of furan rings is 1. The summed E-state index contributed by atoms with van der Waals surface area (Å²) >= 11 is 0. The highest BCUT2D eigenvalue weighted by Gasteiger charge is 2.25. The van der Waals surface area contributed by atoms with Crippen molar-refractivity contribution in [2.75, 3.05) is 33.3 Å². The highest BCUT2D eigenvalue weighted by atomic mass is 16.5. The number of aromatic hydroxyl groups is 1. The van der Waals surface area contributed by atoms with E-state index in [1.54, 1.807) is 19.3 Å². The quantitative estimate of drug-likeness (QED) is 0.624. The van der Waals surface area contributed by atoms with Crippen LogP contribution in [0.15, 0.2) is 51.0 Å². The lowest BCUT2D eigenvalue weighted by molar-refractivity contribution is 0.102. The van der Waals surface area contributed by atoms with Gasteiger partial charge in [-0.25, -0.2) is 4.79 Å². The molecule has 2 aliphatic rings. The zero-order valence-corrected chi connectivity index (χ0v) is 17.5. The number of azo groups is 1. The van der Waals surface area contributed by atoms with Crippen LogP contribution < -0.4 is 4.74 Å². The number of fused-ring (bicyclic) bond motifs is 2. The minimum Gasteiger partial charge on any atom is -0.504 e. The summed E-state index contributed by atoms with van der Waals surface area (Å²) in [7, 11) is 1.59. The van der Waals surface area contributed by atoms with Crippen LogP contribution in [-0.2, 0) is 6.54 Å². The normalized spacial score (nSPS) is 17.3. The number of hydrogen-bond donors (Lipinski definition) is 2. The topological polar surface area (TPSA) is 111 Å². The second-order valence-electron chi connectivity index (χ2n) is 7.73. The van der Waals surface area contributed by atoms with Gasteiger partial charge in [-0.2, -0.15) is 0 Å². The van der Waals surface area contributed by atoms with Crippen LogP contribution >= 0.6 is 0 Å². The average Bonchev–Trinajstić information content (AvgIpc) is 3.36. The summed E-state index contributed by atoms with van der Waals surface area (Å²) in [5.41, 5.74) is 3.62. The molecule has 0 aliphatic carbocycles. The molecule has 1 saturated heterocycles. The average molecular weight is 434 g/mol. The van der Waals surface area contributed by atoms with Crippen LogP contribution in [0, 0.1) is 0 Å². The van der Waals surface area contributed by atoms with Gasteiger partial charge in [-0.3, -0.25) is 4.90 Å². The van der Waals surface area contributed by atoms with Gasteiger partial charge in [0.25, 0.3) is 0 Å². The Hall–Kier alpha value is -3.85. The second kappa shape index (κ2) is 8.01. The summed E-state index contributed by atoms with van der Waals surface area (Å²) in [4.78, 5) is 14.7. The molecule has 0 unspecified atom stereocenters. The van der Waals surface area contributed by atoms with Gasteiger partial charge in [0.2, 0.25) is 0 Å². The van der Waals surface area contributed by atoms with Gasteiger partial charge in [0, 0.05) is 44.4 Å². The van der Waals surface area contributed by atoms with Gasteiger partial charge in [-0.05, 0) is 18.2 Å². The molecule has 164 valence electrons. The molecule has 1 fully saturated rings. The Morgan fingerprint density at radius 1 is 1.16 bits per heavy atom. The summed E-state index contributed by atoms with van der Waals surface area (Å²) in [6.45, 7) is 2.61. The minimum atomic E-state index is -0.899. The Morgan fingerprint density at radius 2 is 1.94 bits per heavy atom. The summed E-state index contributed by atoms with van der Waals surface area (Å²) in [5, 5.41) is 29.0. The minimum absolute atomic E-state index is 0.0340. The highest BCUT2D eigenvalue weighted by molar-refractivity contribution is 5.95. The Bertz CT molecular complexity index is 1250. The van der Waals surface area contributed by atoms with Crippen molar-refractivity contribution in [1.29, 1.82) is 0 Å². The molecule has 3 aromatic rings. The molecule has 0 atom stereocenters. The number of piperazine rings is 1. The van der Waals surface area contributed by atoms with Gasteiger partial charge in [0.1, 0.15) is 11.3 Å². The third-order valence-electron chi connectivity index (χ3n) is 5.88.